The fourth-order valence-corrected chi connectivity index (χ4v) is 1.31. The van der Waals surface area contributed by atoms with E-state index in [1.54, 1.807) is 0 Å². The first-order valence-corrected chi connectivity index (χ1v) is 4.13. The molecule has 0 fully saturated rings. The van der Waals surface area contributed by atoms with E-state index < -0.39 is 5.97 Å². The number of halogens is 1. The van der Waals surface area contributed by atoms with E-state index in [1.165, 1.54) is 16.8 Å². The molecule has 7 heteroatoms. The molecule has 5 nitrogen and oxygen atoms in total. The number of nitrogens with zero attached hydrogens (tertiary/aromatic N) is 3. The molecule has 0 aliphatic heterocycles. The van der Waals surface area contributed by atoms with E-state index in [4.69, 9.17) is 5.11 Å². The standard InChI is InChI=1S/C7H3BrN3O2.Cm/c8-5-3-6-9-2-1-4(7(12)13)11(6)10-5;/h1-2H,(H,12,13);/q-1;. The van der Waals surface area contributed by atoms with Gasteiger partial charge in [-0.1, -0.05) is 15.9 Å². The van der Waals surface area contributed by atoms with Crippen molar-refractivity contribution in [1.29, 1.82) is 0 Å². The largest absolute Gasteiger partial charge is 0.477 e. The van der Waals surface area contributed by atoms with Gasteiger partial charge < -0.3 is 11.2 Å². The third kappa shape index (κ3) is 1.27. The predicted molar refractivity (Wildman–Crippen MR) is 46.5 cm³/mol. The minimum Gasteiger partial charge on any atom is -0.477 e. The van der Waals surface area contributed by atoms with Crippen molar-refractivity contribution in [2.24, 2.45) is 0 Å². The summed E-state index contributed by atoms with van der Waals surface area (Å²) in [5, 5.41) is 12.6. The first-order chi connectivity index (χ1) is 6.18. The Hall–Kier alpha value is -2.43. The molecule has 2 heterocycles. The fraction of sp³-hybridized carbons (Fsp3) is 0. The average Bonchev–Trinajstić information content (AvgIpc) is 2.43. The summed E-state index contributed by atoms with van der Waals surface area (Å²) in [5.41, 5.74) is 0.443. The number of aromatic nitrogens is 3. The number of rotatable bonds is 1. The van der Waals surface area contributed by atoms with Crippen LogP contribution in [0.15, 0.2) is 16.9 Å². The van der Waals surface area contributed by atoms with E-state index >= 15 is 0 Å². The van der Waals surface area contributed by atoms with E-state index in [9.17, 15) is 4.79 Å². The van der Waals surface area contributed by atoms with Crippen molar-refractivity contribution in [2.75, 3.05) is 0 Å². The molecule has 0 atom stereocenters. The average molecular weight is 488 g/mol. The van der Waals surface area contributed by atoms with Crippen LogP contribution in [0.25, 0.3) is 5.65 Å². The molecule has 2 rings (SSSR count). The van der Waals surface area contributed by atoms with Crippen LogP contribution in [0.2, 0.25) is 0 Å². The first-order valence-electron chi connectivity index (χ1n) is 3.34. The van der Waals surface area contributed by atoms with E-state index in [2.05, 4.69) is 32.1 Å². The van der Waals surface area contributed by atoms with Crippen LogP contribution in [0, 0.1) is 6.07 Å². The number of hydrogen-bond donors (Lipinski definition) is 1. The Kier molecular flexibility index (Phi) is 2.16. The Morgan fingerprint density at radius 2 is 2.36 bits per heavy atom. The fourth-order valence-electron chi connectivity index (χ4n) is 0.971. The van der Waals surface area contributed by atoms with Gasteiger partial charge in [0.15, 0.2) is 0 Å². The third-order valence-corrected chi connectivity index (χ3v) is 1.84. The number of fused-ring (bicyclic) bond motifs is 1. The van der Waals surface area contributed by atoms with E-state index in [0.29, 0.717) is 10.3 Å². The quantitative estimate of drug-likeness (QED) is 0.609. The smallest absolute Gasteiger partial charge is 0.354 e. The molecule has 74 valence electrons. The molecule has 0 amide bonds. The molecule has 0 saturated heterocycles. The number of carbonyl (C=O) groups is 1. The van der Waals surface area contributed by atoms with Crippen molar-refractivity contribution in [3.8, 4) is 0 Å². The number of aromatic carboxylic acids is 1. The number of hydrogen-bond acceptors (Lipinski definition) is 3. The topological polar surface area (TPSA) is 67.5 Å². The SMILES string of the molecule is O=C(O)c1ccnc2[c-]c(Br)nn12.[Cm]. The zero-order valence-electron chi connectivity index (χ0n) is 6.58. The molecule has 1 N–H and O–H groups in total. The number of carboxylic acid groups (broad SMARTS) is 1. The summed E-state index contributed by atoms with van der Waals surface area (Å²) in [7, 11) is 0. The molecule has 2 aromatic rings. The van der Waals surface area contributed by atoms with Crippen molar-refractivity contribution in [2.45, 2.75) is 0 Å². The molecule has 0 aliphatic carbocycles. The summed E-state index contributed by atoms with van der Waals surface area (Å²) in [6.45, 7) is 0. The molecule has 0 spiro atoms. The van der Waals surface area contributed by atoms with Gasteiger partial charge in [-0.25, -0.2) is 14.4 Å². The normalized spacial score (nSPS) is 9.79. The maximum atomic E-state index is 10.7. The Morgan fingerprint density at radius 1 is 1.64 bits per heavy atom. The molecule has 0 radical (unpaired) electrons. The minimum absolute atomic E-state index is 0. The molecule has 0 bridgehead atoms. The van der Waals surface area contributed by atoms with Gasteiger partial charge in [-0.15, -0.1) is 0 Å². The van der Waals surface area contributed by atoms with Gasteiger partial charge in [-0.05, 0) is 16.3 Å². The summed E-state index contributed by atoms with van der Waals surface area (Å²) < 4.78 is 1.65. The minimum atomic E-state index is -1.05. The van der Waals surface area contributed by atoms with Gasteiger partial charge in [0.1, 0.15) is 5.69 Å². The van der Waals surface area contributed by atoms with Gasteiger partial charge in [-0.2, -0.15) is 0 Å². The van der Waals surface area contributed by atoms with E-state index in [1.807, 2.05) is 0 Å². The second kappa shape index (κ2) is 3.14. The van der Waals surface area contributed by atoms with Gasteiger partial charge >= 0.3 is 5.97 Å². The molecular weight excluding hydrogens is 485 g/mol. The molecule has 0 saturated carbocycles. The van der Waals surface area contributed by atoms with Gasteiger partial charge in [0.25, 0.3) is 0 Å². The van der Waals surface area contributed by atoms with Gasteiger partial charge in [0.05, 0.1) is 0 Å². The summed E-state index contributed by atoms with van der Waals surface area (Å²) in [5.74, 6) is -1.05. The number of carboxylic acids is 1. The zero-order valence-corrected chi connectivity index (χ0v) is 11.1. The third-order valence-electron chi connectivity index (χ3n) is 1.48. The van der Waals surface area contributed by atoms with Crippen LogP contribution in [0.4, 0.5) is 0 Å². The van der Waals surface area contributed by atoms with Crippen molar-refractivity contribution < 1.29 is 9.90 Å². The second-order valence-electron chi connectivity index (χ2n) is 2.29. The van der Waals surface area contributed by atoms with Crippen LogP contribution in [0.3, 0.4) is 0 Å². The summed E-state index contributed by atoms with van der Waals surface area (Å²) >= 11 is 3.09. The summed E-state index contributed by atoms with van der Waals surface area (Å²) in [4.78, 5) is 14.6. The van der Waals surface area contributed by atoms with Crippen LogP contribution >= 0.6 is 15.9 Å². The van der Waals surface area contributed by atoms with E-state index in [0.717, 1.165) is 0 Å². The van der Waals surface area contributed by atoms with E-state index in [-0.39, 0.29) is 5.69 Å². The van der Waals surface area contributed by atoms with Gasteiger partial charge in [0, 0.05) is 6.20 Å². The maximum absolute atomic E-state index is 10.7. The second-order valence-corrected chi connectivity index (χ2v) is 3.04. The van der Waals surface area contributed by atoms with Crippen molar-refractivity contribution >= 4 is 27.5 Å². The van der Waals surface area contributed by atoms with Crippen LogP contribution in [0.1, 0.15) is 10.5 Å². The Morgan fingerprint density at radius 3 is 3.00 bits per heavy atom. The van der Waals surface area contributed by atoms with Crippen LogP contribution in [0.5, 0.6) is 0 Å². The Labute approximate surface area is 81.1 Å². The molecule has 2 aromatic heterocycles. The monoisotopic (exact) mass is 483 g/mol. The predicted octanol–water partition coefficient (Wildman–Crippen LogP) is 0.990. The molecular formula is C7H3BrCmN3O2-. The van der Waals surface area contributed by atoms with Crippen LogP contribution in [-0.4, -0.2) is 25.7 Å². The Balaban J connectivity index is 0.000000980. The molecule has 0 aromatic carbocycles. The first kappa shape index (κ1) is 9.66. The molecule has 14 heavy (non-hydrogen) atoms. The van der Waals surface area contributed by atoms with Crippen LogP contribution in [-0.2, 0) is 0 Å². The summed E-state index contributed by atoms with van der Waals surface area (Å²) in [6.07, 6.45) is 1.41. The molecule has 0 aliphatic rings. The van der Waals surface area contributed by atoms with Crippen molar-refractivity contribution in [3.63, 3.8) is 0 Å². The van der Waals surface area contributed by atoms with Gasteiger partial charge in [0.2, 0.25) is 0 Å². The summed E-state index contributed by atoms with van der Waals surface area (Å²) in [6, 6.07) is 4.13. The van der Waals surface area contributed by atoms with Crippen LogP contribution < -0.4 is 0 Å². The van der Waals surface area contributed by atoms with Crippen molar-refractivity contribution in [1.82, 2.24) is 14.6 Å². The zero-order chi connectivity index (χ0) is 9.42. The maximum Gasteiger partial charge on any atom is 0.354 e. The Bertz CT molecular complexity index is 485. The van der Waals surface area contributed by atoms with Gasteiger partial charge in [-0.3, -0.25) is 4.98 Å². The molecule has 0 unspecified atom stereocenters. The van der Waals surface area contributed by atoms with Crippen molar-refractivity contribution in [3.05, 3.63) is 28.6 Å².